The van der Waals surface area contributed by atoms with Gasteiger partial charge in [0.1, 0.15) is 12.4 Å². The van der Waals surface area contributed by atoms with Gasteiger partial charge in [-0.2, -0.15) is 5.26 Å². The Morgan fingerprint density at radius 3 is 2.24 bits per heavy atom. The van der Waals surface area contributed by atoms with E-state index >= 15 is 0 Å². The van der Waals surface area contributed by atoms with Gasteiger partial charge < -0.3 is 4.74 Å². The summed E-state index contributed by atoms with van der Waals surface area (Å²) >= 11 is 3.42. The van der Waals surface area contributed by atoms with Crippen LogP contribution in [-0.4, -0.2) is 0 Å². The summed E-state index contributed by atoms with van der Waals surface area (Å²) in [6.07, 6.45) is 1.88. The third kappa shape index (κ3) is 4.82. The number of rotatable bonds is 5. The Kier molecular flexibility index (Phi) is 5.66. The molecule has 0 atom stereocenters. The van der Waals surface area contributed by atoms with E-state index < -0.39 is 0 Å². The van der Waals surface area contributed by atoms with Crippen LogP contribution in [0.1, 0.15) is 16.7 Å². The zero-order valence-corrected chi connectivity index (χ0v) is 15.1. The largest absolute Gasteiger partial charge is 0.489 e. The maximum atomic E-state index is 9.38. The fourth-order valence-electron chi connectivity index (χ4n) is 2.37. The second-order valence-electron chi connectivity index (χ2n) is 5.52. The molecule has 122 valence electrons. The molecule has 0 aliphatic heterocycles. The van der Waals surface area contributed by atoms with Gasteiger partial charge in [0.25, 0.3) is 0 Å². The van der Waals surface area contributed by atoms with E-state index in [-0.39, 0.29) is 0 Å². The number of hydrogen-bond donors (Lipinski definition) is 0. The summed E-state index contributed by atoms with van der Waals surface area (Å²) in [5.41, 5.74) is 3.64. The fourth-order valence-corrected chi connectivity index (χ4v) is 2.64. The van der Waals surface area contributed by atoms with E-state index in [0.29, 0.717) is 12.2 Å². The van der Waals surface area contributed by atoms with Crippen molar-refractivity contribution in [2.45, 2.75) is 6.61 Å². The highest BCUT2D eigenvalue weighted by Gasteiger charge is 2.01. The SMILES string of the molecule is N#C/C(=C/c1ccc(OCc2ccc(Br)cc2)cc1)c1ccccc1. The Hall–Kier alpha value is -2.83. The van der Waals surface area contributed by atoms with Crippen molar-refractivity contribution in [3.63, 3.8) is 0 Å². The standard InChI is InChI=1S/C22H16BrNO/c23-21-10-6-18(7-11-21)16-25-22-12-8-17(9-13-22)14-20(15-24)19-4-2-1-3-5-19/h1-14H,16H2/b20-14-. The zero-order chi connectivity index (χ0) is 17.5. The first-order valence-corrected chi connectivity index (χ1v) is 8.68. The second-order valence-corrected chi connectivity index (χ2v) is 6.44. The molecule has 0 unspecified atom stereocenters. The minimum Gasteiger partial charge on any atom is -0.489 e. The Morgan fingerprint density at radius 2 is 1.60 bits per heavy atom. The number of hydrogen-bond acceptors (Lipinski definition) is 2. The van der Waals surface area contributed by atoms with Gasteiger partial charge in [0, 0.05) is 4.47 Å². The molecule has 0 spiro atoms. The van der Waals surface area contributed by atoms with Crippen LogP contribution >= 0.6 is 15.9 Å². The first-order valence-electron chi connectivity index (χ1n) is 7.89. The van der Waals surface area contributed by atoms with Gasteiger partial charge in [-0.3, -0.25) is 0 Å². The summed E-state index contributed by atoms with van der Waals surface area (Å²) in [6, 6.07) is 27.7. The molecule has 0 aliphatic carbocycles. The van der Waals surface area contributed by atoms with E-state index in [2.05, 4.69) is 22.0 Å². The molecule has 2 nitrogen and oxygen atoms in total. The first-order chi connectivity index (χ1) is 12.2. The monoisotopic (exact) mass is 389 g/mol. The van der Waals surface area contributed by atoms with Crippen molar-refractivity contribution in [2.75, 3.05) is 0 Å². The predicted molar refractivity (Wildman–Crippen MR) is 105 cm³/mol. The quantitative estimate of drug-likeness (QED) is 0.390. The third-order valence-corrected chi connectivity index (χ3v) is 4.24. The molecule has 0 radical (unpaired) electrons. The number of benzene rings is 3. The highest BCUT2D eigenvalue weighted by Crippen LogP contribution is 2.20. The molecule has 3 aromatic rings. The minimum absolute atomic E-state index is 0.524. The summed E-state index contributed by atoms with van der Waals surface area (Å²) in [6.45, 7) is 0.524. The van der Waals surface area contributed by atoms with Crippen LogP contribution in [0.5, 0.6) is 5.75 Å². The molecule has 3 heteroatoms. The maximum Gasteiger partial charge on any atom is 0.119 e. The summed E-state index contributed by atoms with van der Waals surface area (Å²) in [5.74, 6) is 0.804. The number of nitrogens with zero attached hydrogens (tertiary/aromatic N) is 1. The lowest BCUT2D eigenvalue weighted by atomic mass is 10.0. The molecular formula is C22H16BrNO. The van der Waals surface area contributed by atoms with Crippen molar-refractivity contribution < 1.29 is 4.74 Å². The Balaban J connectivity index is 1.68. The molecule has 0 N–H and O–H groups in total. The first kappa shape index (κ1) is 17.0. The third-order valence-electron chi connectivity index (χ3n) is 3.72. The fraction of sp³-hybridized carbons (Fsp3) is 0.0455. The molecule has 0 heterocycles. The van der Waals surface area contributed by atoms with Crippen LogP contribution in [0.4, 0.5) is 0 Å². The van der Waals surface area contributed by atoms with Crippen LogP contribution < -0.4 is 4.74 Å². The molecule has 0 amide bonds. The lowest BCUT2D eigenvalue weighted by Gasteiger charge is -2.07. The number of halogens is 1. The van der Waals surface area contributed by atoms with Crippen molar-refractivity contribution in [3.8, 4) is 11.8 Å². The van der Waals surface area contributed by atoms with Gasteiger partial charge in [-0.05, 0) is 47.0 Å². The van der Waals surface area contributed by atoms with Gasteiger partial charge in [-0.25, -0.2) is 0 Å². The van der Waals surface area contributed by atoms with Crippen LogP contribution in [-0.2, 0) is 6.61 Å². The second kappa shape index (κ2) is 8.32. The smallest absolute Gasteiger partial charge is 0.119 e. The predicted octanol–water partition coefficient (Wildman–Crippen LogP) is 6.09. The highest BCUT2D eigenvalue weighted by atomic mass is 79.9. The van der Waals surface area contributed by atoms with Gasteiger partial charge in [0.2, 0.25) is 0 Å². The Bertz CT molecular complexity index is 892. The minimum atomic E-state index is 0.524. The van der Waals surface area contributed by atoms with Gasteiger partial charge in [0.05, 0.1) is 11.6 Å². The van der Waals surface area contributed by atoms with Crippen molar-refractivity contribution >= 4 is 27.6 Å². The van der Waals surface area contributed by atoms with Gasteiger partial charge >= 0.3 is 0 Å². The molecule has 0 saturated heterocycles. The van der Waals surface area contributed by atoms with Crippen LogP contribution in [0.25, 0.3) is 11.6 Å². The molecular weight excluding hydrogens is 374 g/mol. The van der Waals surface area contributed by atoms with Crippen LogP contribution in [0.3, 0.4) is 0 Å². The Morgan fingerprint density at radius 1 is 0.920 bits per heavy atom. The van der Waals surface area contributed by atoms with Gasteiger partial charge in [-0.15, -0.1) is 0 Å². The van der Waals surface area contributed by atoms with Crippen molar-refractivity contribution in [2.24, 2.45) is 0 Å². The van der Waals surface area contributed by atoms with E-state index in [1.165, 1.54) is 0 Å². The van der Waals surface area contributed by atoms with E-state index in [4.69, 9.17) is 4.74 Å². The average molecular weight is 390 g/mol. The van der Waals surface area contributed by atoms with Gasteiger partial charge in [-0.1, -0.05) is 70.5 Å². The molecule has 25 heavy (non-hydrogen) atoms. The van der Waals surface area contributed by atoms with Crippen molar-refractivity contribution in [1.29, 1.82) is 5.26 Å². The summed E-state index contributed by atoms with van der Waals surface area (Å²) in [5, 5.41) is 9.38. The molecule has 0 fully saturated rings. The lowest BCUT2D eigenvalue weighted by molar-refractivity contribution is 0.306. The molecule has 0 bridgehead atoms. The van der Waals surface area contributed by atoms with Crippen LogP contribution in [0.15, 0.2) is 83.3 Å². The molecule has 0 saturated carbocycles. The number of nitriles is 1. The summed E-state index contributed by atoms with van der Waals surface area (Å²) in [4.78, 5) is 0. The Labute approximate surface area is 156 Å². The molecule has 3 rings (SSSR count). The lowest BCUT2D eigenvalue weighted by Crippen LogP contribution is -1.94. The van der Waals surface area contributed by atoms with E-state index in [9.17, 15) is 5.26 Å². The zero-order valence-electron chi connectivity index (χ0n) is 13.5. The van der Waals surface area contributed by atoms with Crippen LogP contribution in [0.2, 0.25) is 0 Å². The van der Waals surface area contributed by atoms with E-state index in [1.807, 2.05) is 84.9 Å². The van der Waals surface area contributed by atoms with E-state index in [0.717, 1.165) is 26.9 Å². The van der Waals surface area contributed by atoms with Crippen molar-refractivity contribution in [1.82, 2.24) is 0 Å². The van der Waals surface area contributed by atoms with Crippen LogP contribution in [0, 0.1) is 11.3 Å². The van der Waals surface area contributed by atoms with E-state index in [1.54, 1.807) is 0 Å². The molecule has 3 aromatic carbocycles. The summed E-state index contributed by atoms with van der Waals surface area (Å²) < 4.78 is 6.86. The average Bonchev–Trinajstić information content (AvgIpc) is 2.67. The maximum absolute atomic E-state index is 9.38. The topological polar surface area (TPSA) is 33.0 Å². The summed E-state index contributed by atoms with van der Waals surface area (Å²) in [7, 11) is 0. The number of allylic oxidation sites excluding steroid dienone is 1. The number of ether oxygens (including phenoxy) is 1. The van der Waals surface area contributed by atoms with Crippen molar-refractivity contribution in [3.05, 3.63) is 100 Å². The van der Waals surface area contributed by atoms with Gasteiger partial charge in [0.15, 0.2) is 0 Å². The molecule has 0 aromatic heterocycles. The highest BCUT2D eigenvalue weighted by molar-refractivity contribution is 9.10. The normalized spacial score (nSPS) is 11.0. The molecule has 0 aliphatic rings.